The molecule has 0 bridgehead atoms. The number of carbonyl (C=O) groups excluding carboxylic acids is 1. The van der Waals surface area contributed by atoms with E-state index < -0.39 is 0 Å². The van der Waals surface area contributed by atoms with Crippen LogP contribution in [-0.2, 0) is 0 Å². The smallest absolute Gasteiger partial charge is 0.317 e. The summed E-state index contributed by atoms with van der Waals surface area (Å²) in [5.74, 6) is 0.477. The predicted octanol–water partition coefficient (Wildman–Crippen LogP) is 1.17. The largest absolute Gasteiger partial charge is 0.336 e. The second-order valence-electron chi connectivity index (χ2n) is 4.65. The van der Waals surface area contributed by atoms with Gasteiger partial charge in [0.05, 0.1) is 0 Å². The van der Waals surface area contributed by atoms with E-state index >= 15 is 0 Å². The van der Waals surface area contributed by atoms with Crippen LogP contribution in [0.5, 0.6) is 0 Å². The third-order valence-electron chi connectivity index (χ3n) is 2.80. The summed E-state index contributed by atoms with van der Waals surface area (Å²) in [5, 5.41) is 2.93. The van der Waals surface area contributed by atoms with Crippen molar-refractivity contribution in [3.63, 3.8) is 0 Å². The van der Waals surface area contributed by atoms with Crippen molar-refractivity contribution in [3.05, 3.63) is 0 Å². The van der Waals surface area contributed by atoms with Crippen LogP contribution in [0.25, 0.3) is 0 Å². The maximum absolute atomic E-state index is 11.8. The monoisotopic (exact) mass is 213 g/mol. The molecule has 3 N–H and O–H groups in total. The molecule has 1 saturated heterocycles. The molecule has 0 aromatic heterocycles. The molecule has 1 fully saturated rings. The third-order valence-corrected chi connectivity index (χ3v) is 2.80. The Morgan fingerprint density at radius 1 is 1.53 bits per heavy atom. The number of hydrogen-bond donors (Lipinski definition) is 2. The van der Waals surface area contributed by atoms with Crippen molar-refractivity contribution in [1.82, 2.24) is 10.2 Å². The number of rotatable bonds is 2. The van der Waals surface area contributed by atoms with Gasteiger partial charge in [-0.3, -0.25) is 0 Å². The lowest BCUT2D eigenvalue weighted by Gasteiger charge is -2.25. The van der Waals surface area contributed by atoms with E-state index in [2.05, 4.69) is 5.32 Å². The van der Waals surface area contributed by atoms with Crippen LogP contribution in [0.15, 0.2) is 0 Å². The number of nitrogens with zero attached hydrogens (tertiary/aromatic N) is 1. The molecule has 1 unspecified atom stereocenters. The van der Waals surface area contributed by atoms with E-state index in [-0.39, 0.29) is 12.1 Å². The summed E-state index contributed by atoms with van der Waals surface area (Å²) < 4.78 is 0. The van der Waals surface area contributed by atoms with Gasteiger partial charge in [0.15, 0.2) is 0 Å². The minimum Gasteiger partial charge on any atom is -0.336 e. The van der Waals surface area contributed by atoms with Crippen molar-refractivity contribution in [2.45, 2.75) is 39.2 Å². The molecular formula is C11H23N3O. The van der Waals surface area contributed by atoms with Crippen LogP contribution < -0.4 is 11.1 Å². The number of hydrogen-bond acceptors (Lipinski definition) is 2. The third kappa shape index (κ3) is 4.08. The van der Waals surface area contributed by atoms with Crippen molar-refractivity contribution in [2.24, 2.45) is 11.7 Å². The van der Waals surface area contributed by atoms with Crippen LogP contribution in [0.1, 0.15) is 33.1 Å². The number of amides is 2. The number of likely N-dealkylation sites (tertiary alicyclic amines) is 1. The zero-order valence-electron chi connectivity index (χ0n) is 9.83. The van der Waals surface area contributed by atoms with Gasteiger partial charge in [0.1, 0.15) is 0 Å². The standard InChI is InChI=1S/C11H23N3O/c1-9(2)13-11(15)14-6-4-3-5-10(7-12)8-14/h9-10H,3-8,12H2,1-2H3,(H,13,15). The molecule has 88 valence electrons. The quantitative estimate of drug-likeness (QED) is 0.723. The lowest BCUT2D eigenvalue weighted by molar-refractivity contribution is 0.190. The van der Waals surface area contributed by atoms with Crippen molar-refractivity contribution in [3.8, 4) is 0 Å². The highest BCUT2D eigenvalue weighted by Crippen LogP contribution is 2.15. The molecule has 2 amide bonds. The molecule has 0 aromatic rings. The first-order valence-electron chi connectivity index (χ1n) is 5.89. The highest BCUT2D eigenvalue weighted by molar-refractivity contribution is 5.74. The van der Waals surface area contributed by atoms with E-state index in [1.165, 1.54) is 6.42 Å². The average Bonchev–Trinajstić information content (AvgIpc) is 2.41. The fourth-order valence-corrected chi connectivity index (χ4v) is 1.95. The summed E-state index contributed by atoms with van der Waals surface area (Å²) in [6.45, 7) is 6.34. The molecule has 15 heavy (non-hydrogen) atoms. The lowest BCUT2D eigenvalue weighted by atomic mass is 10.0. The minimum absolute atomic E-state index is 0.0605. The van der Waals surface area contributed by atoms with Crippen LogP contribution in [0.4, 0.5) is 4.79 Å². The van der Waals surface area contributed by atoms with Gasteiger partial charge in [-0.1, -0.05) is 6.42 Å². The summed E-state index contributed by atoms with van der Waals surface area (Å²) in [6, 6.07) is 0.266. The molecule has 0 aromatic carbocycles. The average molecular weight is 213 g/mol. The molecule has 1 aliphatic heterocycles. The highest BCUT2D eigenvalue weighted by atomic mass is 16.2. The second kappa shape index (κ2) is 5.95. The van der Waals surface area contributed by atoms with Crippen molar-refractivity contribution >= 4 is 6.03 Å². The Labute approximate surface area is 92.2 Å². The molecule has 0 spiro atoms. The minimum atomic E-state index is 0.0605. The summed E-state index contributed by atoms with van der Waals surface area (Å²) in [4.78, 5) is 13.7. The summed E-state index contributed by atoms with van der Waals surface area (Å²) in [5.41, 5.74) is 5.68. The second-order valence-corrected chi connectivity index (χ2v) is 4.65. The SMILES string of the molecule is CC(C)NC(=O)N1CCCCC(CN)C1. The van der Waals surface area contributed by atoms with Gasteiger partial charge < -0.3 is 16.0 Å². The van der Waals surface area contributed by atoms with Crippen LogP contribution in [-0.4, -0.2) is 36.6 Å². The van der Waals surface area contributed by atoms with Crippen molar-refractivity contribution in [1.29, 1.82) is 0 Å². The van der Waals surface area contributed by atoms with Gasteiger partial charge in [-0.25, -0.2) is 4.79 Å². The fourth-order valence-electron chi connectivity index (χ4n) is 1.95. The molecule has 1 atom stereocenters. The van der Waals surface area contributed by atoms with Gasteiger partial charge in [0, 0.05) is 19.1 Å². The van der Waals surface area contributed by atoms with Crippen LogP contribution in [0.3, 0.4) is 0 Å². The molecule has 1 heterocycles. The Morgan fingerprint density at radius 2 is 2.27 bits per heavy atom. The lowest BCUT2D eigenvalue weighted by Crippen LogP contribution is -2.45. The number of carbonyl (C=O) groups is 1. The topological polar surface area (TPSA) is 58.4 Å². The van der Waals surface area contributed by atoms with Crippen LogP contribution in [0, 0.1) is 5.92 Å². The van der Waals surface area contributed by atoms with E-state index in [9.17, 15) is 4.79 Å². The summed E-state index contributed by atoms with van der Waals surface area (Å²) >= 11 is 0. The fraction of sp³-hybridized carbons (Fsp3) is 0.909. The maximum atomic E-state index is 11.8. The van der Waals surface area contributed by atoms with Crippen molar-refractivity contribution in [2.75, 3.05) is 19.6 Å². The van der Waals surface area contributed by atoms with E-state index in [0.29, 0.717) is 12.5 Å². The molecule has 1 rings (SSSR count). The van der Waals surface area contributed by atoms with E-state index in [1.54, 1.807) is 0 Å². The molecule has 0 aliphatic carbocycles. The zero-order valence-corrected chi connectivity index (χ0v) is 9.83. The van der Waals surface area contributed by atoms with Gasteiger partial charge in [0.25, 0.3) is 0 Å². The molecule has 4 nitrogen and oxygen atoms in total. The maximum Gasteiger partial charge on any atom is 0.317 e. The van der Waals surface area contributed by atoms with Gasteiger partial charge in [0.2, 0.25) is 0 Å². The molecular weight excluding hydrogens is 190 g/mol. The Balaban J connectivity index is 2.47. The van der Waals surface area contributed by atoms with Gasteiger partial charge in [-0.2, -0.15) is 0 Å². The number of nitrogens with one attached hydrogen (secondary N) is 1. The normalized spacial score (nSPS) is 22.7. The summed E-state index contributed by atoms with van der Waals surface area (Å²) in [7, 11) is 0. The molecule has 0 saturated carbocycles. The predicted molar refractivity (Wildman–Crippen MR) is 61.6 cm³/mol. The first-order valence-corrected chi connectivity index (χ1v) is 5.89. The Bertz CT molecular complexity index is 206. The molecule has 1 aliphatic rings. The van der Waals surface area contributed by atoms with Gasteiger partial charge >= 0.3 is 6.03 Å². The highest BCUT2D eigenvalue weighted by Gasteiger charge is 2.21. The van der Waals surface area contributed by atoms with Gasteiger partial charge in [-0.15, -0.1) is 0 Å². The Hall–Kier alpha value is -0.770. The Kier molecular flexibility index (Phi) is 4.88. The number of urea groups is 1. The van der Waals surface area contributed by atoms with E-state index in [4.69, 9.17) is 5.73 Å². The number of nitrogens with two attached hydrogens (primary N) is 1. The van der Waals surface area contributed by atoms with Crippen molar-refractivity contribution < 1.29 is 4.79 Å². The van der Waals surface area contributed by atoms with E-state index in [0.717, 1.165) is 25.9 Å². The molecule has 4 heteroatoms. The summed E-state index contributed by atoms with van der Waals surface area (Å²) in [6.07, 6.45) is 3.44. The van der Waals surface area contributed by atoms with Gasteiger partial charge in [-0.05, 0) is 39.2 Å². The zero-order chi connectivity index (χ0) is 11.3. The first kappa shape index (κ1) is 12.3. The molecule has 0 radical (unpaired) electrons. The Morgan fingerprint density at radius 3 is 2.87 bits per heavy atom. The van der Waals surface area contributed by atoms with E-state index in [1.807, 2.05) is 18.7 Å². The van der Waals surface area contributed by atoms with Crippen LogP contribution >= 0.6 is 0 Å². The van der Waals surface area contributed by atoms with Crippen LogP contribution in [0.2, 0.25) is 0 Å². The first-order chi connectivity index (χ1) is 7.13.